The first-order chi connectivity index (χ1) is 14.3. The van der Waals surface area contributed by atoms with Crippen molar-refractivity contribution in [2.75, 3.05) is 0 Å². The number of hydrogen-bond acceptors (Lipinski definition) is 4. The first-order valence-corrected chi connectivity index (χ1v) is 12.3. The Hall–Kier alpha value is -2.05. The second-order valence-electron chi connectivity index (χ2n) is 6.91. The van der Waals surface area contributed by atoms with E-state index in [2.05, 4.69) is 17.1 Å². The van der Waals surface area contributed by atoms with E-state index in [1.807, 2.05) is 25.1 Å². The van der Waals surface area contributed by atoms with Gasteiger partial charge in [-0.1, -0.05) is 70.9 Å². The Morgan fingerprint density at radius 2 is 1.70 bits per heavy atom. The number of benzene rings is 3. The molecule has 0 atom stereocenters. The quantitative estimate of drug-likeness (QED) is 0.404. The fourth-order valence-electron chi connectivity index (χ4n) is 3.00. The zero-order valence-electron chi connectivity index (χ0n) is 16.0. The number of nitrogens with zero attached hydrogens (tertiary/aromatic N) is 1. The van der Waals surface area contributed by atoms with Crippen molar-refractivity contribution < 1.29 is 8.42 Å². The Morgan fingerprint density at radius 3 is 2.40 bits per heavy atom. The molecule has 30 heavy (non-hydrogen) atoms. The summed E-state index contributed by atoms with van der Waals surface area (Å²) in [6.07, 6.45) is 3.83. The maximum absolute atomic E-state index is 13.0. The van der Waals surface area contributed by atoms with Crippen LogP contribution < -0.4 is 0 Å². The maximum atomic E-state index is 13.0. The Kier molecular flexibility index (Phi) is 6.07. The molecule has 1 aliphatic heterocycles. The van der Waals surface area contributed by atoms with Crippen LogP contribution in [0.4, 0.5) is 5.69 Å². The normalized spacial score (nSPS) is 14.7. The van der Waals surface area contributed by atoms with Crippen LogP contribution in [-0.4, -0.2) is 14.6 Å². The lowest BCUT2D eigenvalue weighted by Gasteiger charge is -2.14. The van der Waals surface area contributed by atoms with Gasteiger partial charge in [-0.25, -0.2) is 8.42 Å². The van der Waals surface area contributed by atoms with Crippen LogP contribution in [0.2, 0.25) is 10.0 Å². The number of halogens is 2. The van der Waals surface area contributed by atoms with Crippen molar-refractivity contribution >= 4 is 62.8 Å². The summed E-state index contributed by atoms with van der Waals surface area (Å²) >= 11 is 13.8. The summed E-state index contributed by atoms with van der Waals surface area (Å²) in [5, 5.41) is 0.678. The van der Waals surface area contributed by atoms with Crippen LogP contribution >= 0.6 is 35.0 Å². The third-order valence-electron chi connectivity index (χ3n) is 4.63. The van der Waals surface area contributed by atoms with Gasteiger partial charge >= 0.3 is 0 Å². The Balaban J connectivity index is 1.63. The molecule has 0 bridgehead atoms. The summed E-state index contributed by atoms with van der Waals surface area (Å²) in [7, 11) is -3.63. The highest BCUT2D eigenvalue weighted by atomic mass is 35.5. The van der Waals surface area contributed by atoms with E-state index in [0.29, 0.717) is 15.6 Å². The molecule has 3 aromatic carbocycles. The summed E-state index contributed by atoms with van der Waals surface area (Å²) in [5.74, 6) is -0.260. The third-order valence-corrected chi connectivity index (χ3v) is 7.99. The van der Waals surface area contributed by atoms with Gasteiger partial charge in [0.25, 0.3) is 0 Å². The Morgan fingerprint density at radius 1 is 1.00 bits per heavy atom. The number of hydrogen-bond donors (Lipinski definition) is 0. The molecule has 0 spiro atoms. The minimum atomic E-state index is -3.63. The predicted molar refractivity (Wildman–Crippen MR) is 127 cm³/mol. The van der Waals surface area contributed by atoms with Crippen molar-refractivity contribution in [2.24, 2.45) is 4.99 Å². The van der Waals surface area contributed by atoms with E-state index in [4.69, 9.17) is 23.2 Å². The highest BCUT2D eigenvalue weighted by molar-refractivity contribution is 8.04. The molecule has 0 fully saturated rings. The van der Waals surface area contributed by atoms with Crippen molar-refractivity contribution in [3.05, 3.63) is 92.3 Å². The molecule has 0 N–H and O–H groups in total. The minimum absolute atomic E-state index is 0.219. The average Bonchev–Trinajstić information content (AvgIpc) is 2.72. The average molecular weight is 474 g/mol. The van der Waals surface area contributed by atoms with Gasteiger partial charge in [-0.2, -0.15) is 0 Å². The van der Waals surface area contributed by atoms with E-state index < -0.39 is 9.84 Å². The van der Waals surface area contributed by atoms with Crippen LogP contribution in [0.3, 0.4) is 0 Å². The zero-order chi connectivity index (χ0) is 21.3. The van der Waals surface area contributed by atoms with Gasteiger partial charge in [0.2, 0.25) is 0 Å². The highest BCUT2D eigenvalue weighted by Crippen LogP contribution is 2.40. The summed E-state index contributed by atoms with van der Waals surface area (Å²) < 4.78 is 26.0. The number of allylic oxidation sites excluding steroid dienone is 1. The van der Waals surface area contributed by atoms with Crippen LogP contribution in [0.25, 0.3) is 6.08 Å². The SMILES string of the molecule is Cc1ccc(/C=C2/C=Nc3ccc(S(=O)(=O)Cc4c(Cl)cccc4Cl)cc3S2)cc1. The van der Waals surface area contributed by atoms with Gasteiger partial charge in [0, 0.05) is 31.6 Å². The first kappa shape index (κ1) is 21.2. The van der Waals surface area contributed by atoms with Crippen LogP contribution in [0.5, 0.6) is 0 Å². The summed E-state index contributed by atoms with van der Waals surface area (Å²) in [5.41, 5.74) is 3.41. The van der Waals surface area contributed by atoms with E-state index in [1.54, 1.807) is 42.6 Å². The van der Waals surface area contributed by atoms with Crippen molar-refractivity contribution in [1.29, 1.82) is 0 Å². The molecule has 0 aromatic heterocycles. The summed E-state index contributed by atoms with van der Waals surface area (Å²) in [6.45, 7) is 2.04. The standard InChI is InChI=1S/C23H17Cl2NO2S2/c1-15-5-7-16(8-6-15)11-17-13-26-22-10-9-18(12-23(22)29-17)30(27,28)14-19-20(24)3-2-4-21(19)25/h2-13H,14H2,1H3/b17-11-. The van der Waals surface area contributed by atoms with E-state index >= 15 is 0 Å². The highest BCUT2D eigenvalue weighted by Gasteiger charge is 2.21. The van der Waals surface area contributed by atoms with E-state index in [9.17, 15) is 8.42 Å². The second kappa shape index (κ2) is 8.60. The molecule has 0 radical (unpaired) electrons. The Bertz CT molecular complexity index is 1260. The molecular formula is C23H17Cl2NO2S2. The van der Waals surface area contributed by atoms with Crippen LogP contribution in [0, 0.1) is 6.92 Å². The van der Waals surface area contributed by atoms with Gasteiger partial charge in [0.05, 0.1) is 16.3 Å². The van der Waals surface area contributed by atoms with E-state index in [1.165, 1.54) is 17.3 Å². The van der Waals surface area contributed by atoms with Crippen molar-refractivity contribution in [1.82, 2.24) is 0 Å². The molecule has 3 nitrogen and oxygen atoms in total. The smallest absolute Gasteiger partial charge is 0.182 e. The molecule has 152 valence electrons. The number of sulfone groups is 1. The number of fused-ring (bicyclic) bond motifs is 1. The number of aliphatic imine (C=N–C) groups is 1. The van der Waals surface area contributed by atoms with Gasteiger partial charge in [-0.15, -0.1) is 0 Å². The topological polar surface area (TPSA) is 46.5 Å². The summed E-state index contributed by atoms with van der Waals surface area (Å²) in [4.78, 5) is 6.42. The van der Waals surface area contributed by atoms with Crippen LogP contribution in [0.15, 0.2) is 80.4 Å². The molecule has 0 saturated carbocycles. The van der Waals surface area contributed by atoms with Crippen molar-refractivity contribution in [3.8, 4) is 0 Å². The molecular weight excluding hydrogens is 457 g/mol. The van der Waals surface area contributed by atoms with Gasteiger partial charge < -0.3 is 0 Å². The molecule has 0 aliphatic carbocycles. The Labute approximate surface area is 190 Å². The maximum Gasteiger partial charge on any atom is 0.182 e. The number of aryl methyl sites for hydroxylation is 1. The third kappa shape index (κ3) is 4.65. The van der Waals surface area contributed by atoms with Crippen LogP contribution in [-0.2, 0) is 15.6 Å². The monoisotopic (exact) mass is 473 g/mol. The fraction of sp³-hybridized carbons (Fsp3) is 0.0870. The molecule has 0 unspecified atom stereocenters. The molecule has 1 aliphatic rings. The van der Waals surface area contributed by atoms with Crippen molar-refractivity contribution in [3.63, 3.8) is 0 Å². The van der Waals surface area contributed by atoms with Gasteiger partial charge in [-0.3, -0.25) is 4.99 Å². The van der Waals surface area contributed by atoms with Gasteiger partial charge in [0.1, 0.15) is 0 Å². The number of thioether (sulfide) groups is 1. The molecule has 4 rings (SSSR count). The molecule has 7 heteroatoms. The predicted octanol–water partition coefficient (Wildman–Crippen LogP) is 7.12. The molecule has 1 heterocycles. The van der Waals surface area contributed by atoms with Gasteiger partial charge in [-0.05, 0) is 48.9 Å². The summed E-state index contributed by atoms with van der Waals surface area (Å²) in [6, 6.07) is 18.1. The minimum Gasteiger partial charge on any atom is -0.255 e. The van der Waals surface area contributed by atoms with Crippen LogP contribution in [0.1, 0.15) is 16.7 Å². The lowest BCUT2D eigenvalue weighted by Crippen LogP contribution is -2.06. The fourth-order valence-corrected chi connectivity index (χ4v) is 6.16. The van der Waals surface area contributed by atoms with E-state index in [0.717, 1.165) is 21.1 Å². The van der Waals surface area contributed by atoms with E-state index in [-0.39, 0.29) is 10.6 Å². The lowest BCUT2D eigenvalue weighted by atomic mass is 10.1. The van der Waals surface area contributed by atoms with Crippen molar-refractivity contribution in [2.45, 2.75) is 22.5 Å². The lowest BCUT2D eigenvalue weighted by molar-refractivity contribution is 0.595. The van der Waals surface area contributed by atoms with Gasteiger partial charge in [0.15, 0.2) is 9.84 Å². The largest absolute Gasteiger partial charge is 0.255 e. The second-order valence-corrected chi connectivity index (χ2v) is 10.8. The number of rotatable bonds is 4. The molecule has 0 saturated heterocycles. The molecule has 0 amide bonds. The molecule has 3 aromatic rings. The zero-order valence-corrected chi connectivity index (χ0v) is 19.1. The first-order valence-electron chi connectivity index (χ1n) is 9.12.